The Morgan fingerprint density at radius 2 is 1.58 bits per heavy atom. The van der Waals surface area contributed by atoms with E-state index in [0.29, 0.717) is 19.3 Å². The zero-order valence-electron chi connectivity index (χ0n) is 13.2. The summed E-state index contributed by atoms with van der Waals surface area (Å²) >= 11 is 0. The Kier molecular flexibility index (Phi) is 4.36. The third kappa shape index (κ3) is 3.19. The molecule has 4 saturated carbocycles. The largest absolute Gasteiger partial charge is 0.444 e. The van der Waals surface area contributed by atoms with Crippen LogP contribution in [-0.2, 0) is 19.6 Å². The van der Waals surface area contributed by atoms with Gasteiger partial charge in [0.15, 0.2) is 0 Å². The molecule has 3 atom stereocenters. The van der Waals surface area contributed by atoms with E-state index in [-0.39, 0.29) is 18.8 Å². The molecule has 26 heavy (non-hydrogen) atoms. The quantitative estimate of drug-likeness (QED) is 0.420. The average Bonchev–Trinajstić information content (AvgIpc) is 2.39. The summed E-state index contributed by atoms with van der Waals surface area (Å²) in [7, 11) is -6.46. The molecule has 4 bridgehead atoms. The number of hydrogen-bond donors (Lipinski definition) is 2. The Morgan fingerprint density at radius 1 is 1.08 bits per heavy atom. The molecule has 0 radical (unpaired) electrons. The van der Waals surface area contributed by atoms with Crippen LogP contribution in [0.25, 0.3) is 0 Å². The maximum Gasteiger partial charge on any atom is 0.432 e. The number of alkyl halides is 5. The van der Waals surface area contributed by atoms with E-state index < -0.39 is 57.0 Å². The van der Waals surface area contributed by atoms with E-state index in [9.17, 15) is 40.3 Å². The van der Waals surface area contributed by atoms with E-state index in [1.54, 1.807) is 0 Å². The fraction of sp³-hybridized carbons (Fsp3) is 0.929. The van der Waals surface area contributed by atoms with Gasteiger partial charge in [0.25, 0.3) is 6.10 Å². The van der Waals surface area contributed by atoms with Crippen LogP contribution < -0.4 is 0 Å². The summed E-state index contributed by atoms with van der Waals surface area (Å²) in [6.07, 6.45) is -8.44. The molecule has 0 aliphatic heterocycles. The molecule has 0 amide bonds. The van der Waals surface area contributed by atoms with Gasteiger partial charge in [-0.15, -0.1) is 0 Å². The number of carbonyl (C=O) groups is 1. The summed E-state index contributed by atoms with van der Waals surface area (Å²) in [6, 6.07) is 0. The van der Waals surface area contributed by atoms with Crippen molar-refractivity contribution in [1.82, 2.24) is 0 Å². The number of aliphatic hydroxyl groups is 1. The highest BCUT2D eigenvalue weighted by Crippen LogP contribution is 2.58. The first-order chi connectivity index (χ1) is 11.6. The minimum absolute atomic E-state index is 0.110. The van der Waals surface area contributed by atoms with Gasteiger partial charge in [-0.05, 0) is 49.9 Å². The Morgan fingerprint density at radius 3 is 1.96 bits per heavy atom. The van der Waals surface area contributed by atoms with Gasteiger partial charge in [0.05, 0.1) is 11.5 Å². The minimum Gasteiger partial charge on any atom is -0.444 e. The number of rotatable bonds is 4. The van der Waals surface area contributed by atoms with Crippen LogP contribution in [-0.4, -0.2) is 47.2 Å². The van der Waals surface area contributed by atoms with E-state index in [4.69, 9.17) is 4.55 Å². The van der Waals surface area contributed by atoms with Crippen molar-refractivity contribution in [2.75, 3.05) is 0 Å². The summed E-state index contributed by atoms with van der Waals surface area (Å²) < 4.78 is 99.6. The van der Waals surface area contributed by atoms with Gasteiger partial charge < -0.3 is 9.84 Å². The molecule has 0 aromatic heterocycles. The first kappa shape index (κ1) is 19.7. The standard InChI is InChI=1S/C14H17F5O6S/c15-13(16,17)11(14(18,19)26(22,23)24)25-10(20)9-7-1-6-2-8(9)5-12(21,3-6)4-7/h6-9,11,21H,1-5H2,(H,22,23,24). The van der Waals surface area contributed by atoms with Crippen molar-refractivity contribution in [2.24, 2.45) is 23.7 Å². The monoisotopic (exact) mass is 408 g/mol. The second-order valence-electron chi connectivity index (χ2n) is 7.62. The maximum absolute atomic E-state index is 13.6. The van der Waals surface area contributed by atoms with Crippen LogP contribution in [0.3, 0.4) is 0 Å². The van der Waals surface area contributed by atoms with E-state index in [1.165, 1.54) is 0 Å². The van der Waals surface area contributed by atoms with Gasteiger partial charge in [-0.3, -0.25) is 9.35 Å². The molecule has 0 aromatic rings. The van der Waals surface area contributed by atoms with Crippen LogP contribution in [0.5, 0.6) is 0 Å². The van der Waals surface area contributed by atoms with Gasteiger partial charge in [-0.25, -0.2) is 0 Å². The van der Waals surface area contributed by atoms with Crippen molar-refractivity contribution in [3.63, 3.8) is 0 Å². The molecule has 0 aromatic carbocycles. The van der Waals surface area contributed by atoms with Gasteiger partial charge in [0.2, 0.25) is 0 Å². The SMILES string of the molecule is O=C(OC(C(F)(F)F)C(F)(F)S(=O)(=O)O)C1C2CC3CC1CC(O)(C3)C2. The lowest BCUT2D eigenvalue weighted by Crippen LogP contribution is -2.58. The third-order valence-electron chi connectivity index (χ3n) is 5.69. The number of ether oxygens (including phenoxy) is 1. The number of carbonyl (C=O) groups excluding carboxylic acids is 1. The highest BCUT2D eigenvalue weighted by atomic mass is 32.2. The average molecular weight is 408 g/mol. The molecule has 3 unspecified atom stereocenters. The number of esters is 1. The second-order valence-corrected chi connectivity index (χ2v) is 9.11. The smallest absolute Gasteiger partial charge is 0.432 e. The van der Waals surface area contributed by atoms with Crippen molar-refractivity contribution in [3.05, 3.63) is 0 Å². The predicted octanol–water partition coefficient (Wildman–Crippen LogP) is 2.13. The molecule has 4 rings (SSSR count). The number of halogens is 5. The topological polar surface area (TPSA) is 101 Å². The van der Waals surface area contributed by atoms with Crippen LogP contribution in [0.4, 0.5) is 22.0 Å². The van der Waals surface area contributed by atoms with E-state index in [0.717, 1.165) is 0 Å². The van der Waals surface area contributed by atoms with Gasteiger partial charge in [0.1, 0.15) is 0 Å². The molecule has 4 fully saturated rings. The fourth-order valence-electron chi connectivity index (χ4n) is 5.02. The highest BCUT2D eigenvalue weighted by Gasteiger charge is 2.67. The Hall–Kier alpha value is -1.01. The zero-order valence-corrected chi connectivity index (χ0v) is 14.1. The van der Waals surface area contributed by atoms with E-state index in [1.807, 2.05) is 0 Å². The summed E-state index contributed by atoms with van der Waals surface area (Å²) in [4.78, 5) is 12.3. The summed E-state index contributed by atoms with van der Waals surface area (Å²) in [5.74, 6) is -3.60. The Balaban J connectivity index is 1.84. The molecule has 0 saturated heterocycles. The van der Waals surface area contributed by atoms with Crippen LogP contribution >= 0.6 is 0 Å². The first-order valence-electron chi connectivity index (χ1n) is 7.98. The van der Waals surface area contributed by atoms with Crippen LogP contribution in [0.2, 0.25) is 0 Å². The number of hydrogen-bond acceptors (Lipinski definition) is 5. The third-order valence-corrected chi connectivity index (χ3v) is 6.60. The minimum atomic E-state index is -6.46. The molecular formula is C14H17F5O6S. The lowest BCUT2D eigenvalue weighted by molar-refractivity contribution is -0.265. The van der Waals surface area contributed by atoms with Crippen LogP contribution in [0.1, 0.15) is 32.1 Å². The second kappa shape index (κ2) is 5.74. The Bertz CT molecular complexity index is 689. The predicted molar refractivity (Wildman–Crippen MR) is 74.4 cm³/mol. The van der Waals surface area contributed by atoms with Crippen molar-refractivity contribution in [2.45, 2.75) is 55.2 Å². The lowest BCUT2D eigenvalue weighted by atomic mass is 9.50. The normalized spacial score (nSPS) is 38.3. The maximum atomic E-state index is 13.6. The molecular weight excluding hydrogens is 391 g/mol. The molecule has 4 aliphatic carbocycles. The van der Waals surface area contributed by atoms with Crippen molar-refractivity contribution < 1.29 is 49.6 Å². The van der Waals surface area contributed by atoms with E-state index in [2.05, 4.69) is 4.74 Å². The fourth-order valence-corrected chi connectivity index (χ4v) is 5.47. The van der Waals surface area contributed by atoms with Crippen molar-refractivity contribution in [1.29, 1.82) is 0 Å². The molecule has 6 nitrogen and oxygen atoms in total. The van der Waals surface area contributed by atoms with Crippen molar-refractivity contribution >= 4 is 16.1 Å². The molecule has 4 aliphatic rings. The molecule has 150 valence electrons. The first-order valence-corrected chi connectivity index (χ1v) is 9.42. The Labute approximate surface area is 145 Å². The van der Waals surface area contributed by atoms with Crippen LogP contribution in [0.15, 0.2) is 0 Å². The van der Waals surface area contributed by atoms with Gasteiger partial charge in [-0.1, -0.05) is 0 Å². The summed E-state index contributed by atoms with van der Waals surface area (Å²) in [5, 5.41) is 4.65. The van der Waals surface area contributed by atoms with Crippen LogP contribution in [0, 0.1) is 23.7 Å². The summed E-state index contributed by atoms with van der Waals surface area (Å²) in [5.41, 5.74) is -1.00. The van der Waals surface area contributed by atoms with Gasteiger partial charge in [0, 0.05) is 0 Å². The summed E-state index contributed by atoms with van der Waals surface area (Å²) in [6.45, 7) is 0. The molecule has 0 heterocycles. The molecule has 2 N–H and O–H groups in total. The van der Waals surface area contributed by atoms with Gasteiger partial charge in [-0.2, -0.15) is 30.4 Å². The van der Waals surface area contributed by atoms with Crippen molar-refractivity contribution in [3.8, 4) is 0 Å². The molecule has 0 spiro atoms. The van der Waals surface area contributed by atoms with Gasteiger partial charge >= 0.3 is 27.5 Å². The lowest BCUT2D eigenvalue weighted by Gasteiger charge is -2.57. The molecule has 12 heteroatoms. The zero-order chi connectivity index (χ0) is 19.7. The highest BCUT2D eigenvalue weighted by molar-refractivity contribution is 7.86. The van der Waals surface area contributed by atoms with E-state index >= 15 is 0 Å².